The molecular formula is C13H20FN5. The Labute approximate surface area is 112 Å². The summed E-state index contributed by atoms with van der Waals surface area (Å²) in [4.78, 5) is 16.4. The molecule has 0 saturated heterocycles. The van der Waals surface area contributed by atoms with Crippen LogP contribution in [0.2, 0.25) is 0 Å². The number of rotatable bonds is 4. The van der Waals surface area contributed by atoms with Gasteiger partial charge in [0.15, 0.2) is 11.5 Å². The normalized spacial score (nSPS) is 17.3. The number of nitrogens with zero attached hydrogens (tertiary/aromatic N) is 4. The van der Waals surface area contributed by atoms with E-state index in [0.29, 0.717) is 12.0 Å². The van der Waals surface area contributed by atoms with E-state index in [1.54, 1.807) is 13.1 Å². The Balaban J connectivity index is 2.28. The van der Waals surface area contributed by atoms with Crippen LogP contribution >= 0.6 is 0 Å². The molecule has 1 aromatic rings. The Hall–Kier alpha value is -1.59. The number of hydrogen-bond donors (Lipinski definition) is 1. The van der Waals surface area contributed by atoms with Crippen molar-refractivity contribution >= 4 is 18.1 Å². The van der Waals surface area contributed by atoms with Crippen molar-refractivity contribution in [2.24, 2.45) is 4.99 Å². The van der Waals surface area contributed by atoms with Gasteiger partial charge in [0.05, 0.1) is 0 Å². The van der Waals surface area contributed by atoms with Crippen molar-refractivity contribution in [3.8, 4) is 0 Å². The van der Waals surface area contributed by atoms with Gasteiger partial charge in [-0.1, -0.05) is 12.8 Å². The first-order chi connectivity index (χ1) is 8.99. The molecular weight excluding hydrogens is 245 g/mol. The van der Waals surface area contributed by atoms with Crippen molar-refractivity contribution in [3.63, 3.8) is 0 Å². The number of nitrogens with one attached hydrogen (secondary N) is 1. The first kappa shape index (κ1) is 13.8. The molecule has 0 radical (unpaired) electrons. The Kier molecular flexibility index (Phi) is 4.07. The molecule has 6 heteroatoms. The minimum atomic E-state index is -1.60. The topological polar surface area (TPSA) is 63.1 Å². The van der Waals surface area contributed by atoms with Crippen LogP contribution < -0.4 is 5.32 Å². The van der Waals surface area contributed by atoms with Crippen molar-refractivity contribution in [2.45, 2.75) is 58.2 Å². The van der Waals surface area contributed by atoms with Gasteiger partial charge in [0, 0.05) is 12.3 Å². The smallest absolute Gasteiger partial charge is 0.254 e. The zero-order valence-electron chi connectivity index (χ0n) is 11.6. The van der Waals surface area contributed by atoms with E-state index in [4.69, 9.17) is 0 Å². The van der Waals surface area contributed by atoms with Crippen LogP contribution in [0.15, 0.2) is 4.99 Å². The zero-order valence-corrected chi connectivity index (χ0v) is 11.6. The van der Waals surface area contributed by atoms with E-state index in [1.807, 2.05) is 0 Å². The molecule has 19 heavy (non-hydrogen) atoms. The maximum Gasteiger partial charge on any atom is 0.254 e. The number of aliphatic imine (C=N–C) groups is 1. The van der Waals surface area contributed by atoms with E-state index < -0.39 is 5.67 Å². The fourth-order valence-corrected chi connectivity index (χ4v) is 2.12. The van der Waals surface area contributed by atoms with Gasteiger partial charge in [0.25, 0.3) is 5.95 Å². The van der Waals surface area contributed by atoms with Gasteiger partial charge in [-0.2, -0.15) is 15.0 Å². The van der Waals surface area contributed by atoms with Gasteiger partial charge in [0.2, 0.25) is 5.95 Å². The summed E-state index contributed by atoms with van der Waals surface area (Å²) in [7, 11) is 0. The van der Waals surface area contributed by atoms with Gasteiger partial charge in [0.1, 0.15) is 0 Å². The summed E-state index contributed by atoms with van der Waals surface area (Å²) in [6, 6.07) is 0.372. The monoisotopic (exact) mass is 265 g/mol. The van der Waals surface area contributed by atoms with E-state index in [-0.39, 0.29) is 11.8 Å². The van der Waals surface area contributed by atoms with Gasteiger partial charge in [-0.3, -0.25) is 0 Å². The minimum absolute atomic E-state index is 0.114. The SMILES string of the molecule is C/C=N/c1nc(NC2CCCC2)nc(C(C)(C)F)n1. The van der Waals surface area contributed by atoms with Gasteiger partial charge in [-0.15, -0.1) is 0 Å². The maximum atomic E-state index is 14.0. The van der Waals surface area contributed by atoms with E-state index in [1.165, 1.54) is 26.7 Å². The largest absolute Gasteiger partial charge is 0.351 e. The quantitative estimate of drug-likeness (QED) is 0.849. The molecule has 0 bridgehead atoms. The van der Waals surface area contributed by atoms with Crippen molar-refractivity contribution in [1.29, 1.82) is 0 Å². The Morgan fingerprint density at radius 3 is 2.53 bits per heavy atom. The molecule has 1 aromatic heterocycles. The van der Waals surface area contributed by atoms with Crippen molar-refractivity contribution in [3.05, 3.63) is 5.82 Å². The summed E-state index contributed by atoms with van der Waals surface area (Å²) >= 11 is 0. The van der Waals surface area contributed by atoms with Gasteiger partial charge in [-0.05, 0) is 33.6 Å². The van der Waals surface area contributed by atoms with Crippen molar-refractivity contribution in [1.82, 2.24) is 15.0 Å². The number of alkyl halides is 1. The lowest BCUT2D eigenvalue weighted by Gasteiger charge is -2.16. The standard InChI is InChI=1S/C13H20FN5/c1-4-15-11-17-10(13(2,3)14)18-12(19-11)16-9-7-5-6-8-9/h4,9H,5-8H2,1-3H3,(H,16,17,18,19)/b15-4+. The van der Waals surface area contributed by atoms with E-state index in [2.05, 4.69) is 25.3 Å². The lowest BCUT2D eigenvalue weighted by atomic mass is 10.1. The fraction of sp³-hybridized carbons (Fsp3) is 0.692. The summed E-state index contributed by atoms with van der Waals surface area (Å²) in [5.74, 6) is 0.783. The average molecular weight is 265 g/mol. The van der Waals surface area contributed by atoms with Crippen LogP contribution in [0.1, 0.15) is 52.3 Å². The molecule has 1 saturated carbocycles. The molecule has 0 spiro atoms. The van der Waals surface area contributed by atoms with Crippen molar-refractivity contribution in [2.75, 3.05) is 5.32 Å². The molecule has 0 amide bonds. The predicted octanol–water partition coefficient (Wildman–Crippen LogP) is 3.15. The molecule has 0 aromatic carbocycles. The van der Waals surface area contributed by atoms with Crippen LogP contribution in [0, 0.1) is 0 Å². The third kappa shape index (κ3) is 3.68. The Bertz CT molecular complexity index is 461. The molecule has 5 nitrogen and oxygen atoms in total. The first-order valence-electron chi connectivity index (χ1n) is 6.69. The van der Waals surface area contributed by atoms with Crippen LogP contribution in [0.4, 0.5) is 16.3 Å². The number of aromatic nitrogens is 3. The summed E-state index contributed by atoms with van der Waals surface area (Å²) in [6.45, 7) is 4.64. The van der Waals surface area contributed by atoms with Crippen LogP contribution in [0.25, 0.3) is 0 Å². The number of halogens is 1. The summed E-state index contributed by atoms with van der Waals surface area (Å²) in [6.07, 6.45) is 6.22. The van der Waals surface area contributed by atoms with Crippen molar-refractivity contribution < 1.29 is 4.39 Å². The van der Waals surface area contributed by atoms with Gasteiger partial charge < -0.3 is 5.32 Å². The Morgan fingerprint density at radius 1 is 1.26 bits per heavy atom. The van der Waals surface area contributed by atoms with Gasteiger partial charge >= 0.3 is 0 Å². The van der Waals surface area contributed by atoms with Crippen LogP contribution in [-0.4, -0.2) is 27.2 Å². The van der Waals surface area contributed by atoms with Crippen LogP contribution in [0.3, 0.4) is 0 Å². The highest BCUT2D eigenvalue weighted by Gasteiger charge is 2.25. The van der Waals surface area contributed by atoms with E-state index >= 15 is 0 Å². The second-order valence-corrected chi connectivity index (χ2v) is 5.27. The number of hydrogen-bond acceptors (Lipinski definition) is 5. The average Bonchev–Trinajstić information content (AvgIpc) is 2.81. The molecule has 104 valence electrons. The molecule has 1 heterocycles. The van der Waals surface area contributed by atoms with E-state index in [9.17, 15) is 4.39 Å². The van der Waals surface area contributed by atoms with E-state index in [0.717, 1.165) is 12.8 Å². The summed E-state index contributed by atoms with van der Waals surface area (Å²) < 4.78 is 14.0. The summed E-state index contributed by atoms with van der Waals surface area (Å²) in [5, 5.41) is 3.25. The minimum Gasteiger partial charge on any atom is -0.351 e. The first-order valence-corrected chi connectivity index (χ1v) is 6.69. The molecule has 0 unspecified atom stereocenters. The summed E-state index contributed by atoms with van der Waals surface area (Å²) in [5.41, 5.74) is -1.60. The lowest BCUT2D eigenvalue weighted by molar-refractivity contribution is 0.206. The number of anilines is 1. The van der Waals surface area contributed by atoms with Crippen LogP contribution in [-0.2, 0) is 5.67 Å². The van der Waals surface area contributed by atoms with Gasteiger partial charge in [-0.25, -0.2) is 9.38 Å². The Morgan fingerprint density at radius 2 is 1.95 bits per heavy atom. The highest BCUT2D eigenvalue weighted by molar-refractivity contribution is 5.57. The molecule has 0 atom stereocenters. The lowest BCUT2D eigenvalue weighted by Crippen LogP contribution is -2.20. The molecule has 2 rings (SSSR count). The zero-order chi connectivity index (χ0) is 13.9. The predicted molar refractivity (Wildman–Crippen MR) is 73.7 cm³/mol. The fourth-order valence-electron chi connectivity index (χ4n) is 2.12. The van der Waals surface area contributed by atoms with Crippen LogP contribution in [0.5, 0.6) is 0 Å². The second-order valence-electron chi connectivity index (χ2n) is 5.27. The third-order valence-corrected chi connectivity index (χ3v) is 3.09. The third-order valence-electron chi connectivity index (χ3n) is 3.09. The highest BCUT2D eigenvalue weighted by Crippen LogP contribution is 2.25. The molecule has 0 aliphatic heterocycles. The maximum absolute atomic E-state index is 14.0. The highest BCUT2D eigenvalue weighted by atomic mass is 19.1. The molecule has 1 aliphatic carbocycles. The molecule has 1 aliphatic rings. The molecule has 1 N–H and O–H groups in total. The second kappa shape index (κ2) is 5.59. The molecule has 1 fully saturated rings.